The van der Waals surface area contributed by atoms with Gasteiger partial charge in [-0.3, -0.25) is 4.79 Å². The Morgan fingerprint density at radius 3 is 2.50 bits per heavy atom. The summed E-state index contributed by atoms with van der Waals surface area (Å²) < 4.78 is 14.2. The summed E-state index contributed by atoms with van der Waals surface area (Å²) in [7, 11) is 0. The van der Waals surface area contributed by atoms with Crippen LogP contribution < -0.4 is 9.80 Å². The first kappa shape index (κ1) is 17.4. The number of carbonyl (C=O) groups is 1. The van der Waals surface area contributed by atoms with Crippen LogP contribution in [0.25, 0.3) is 10.2 Å². The Kier molecular flexibility index (Phi) is 4.39. The summed E-state index contributed by atoms with van der Waals surface area (Å²) in [6.45, 7) is 4.67. The predicted octanol–water partition coefficient (Wildman–Crippen LogP) is 3.22. The molecule has 5 rings (SSSR count). The fraction of sp³-hybridized carbons (Fsp3) is 0.333. The minimum atomic E-state index is -0.242. The van der Waals surface area contributed by atoms with Crippen LogP contribution in [0.15, 0.2) is 48.5 Å². The first-order chi connectivity index (χ1) is 13.7. The number of hydrogen-bond donors (Lipinski definition) is 0. The molecule has 0 N–H and O–H groups in total. The Bertz CT molecular complexity index is 994. The molecule has 3 aromatic rings. The Hall–Kier alpha value is -2.67. The molecule has 0 aliphatic carbocycles. The highest BCUT2D eigenvalue weighted by Crippen LogP contribution is 2.34. The van der Waals surface area contributed by atoms with E-state index in [0.29, 0.717) is 13.1 Å². The van der Waals surface area contributed by atoms with Gasteiger partial charge in [-0.1, -0.05) is 29.5 Å². The molecule has 144 valence electrons. The fourth-order valence-electron chi connectivity index (χ4n) is 3.89. The number of thiazole rings is 1. The maximum atomic E-state index is 13.4. The van der Waals surface area contributed by atoms with E-state index in [1.54, 1.807) is 6.07 Å². The molecule has 28 heavy (non-hydrogen) atoms. The molecule has 0 spiro atoms. The summed E-state index contributed by atoms with van der Waals surface area (Å²) >= 11 is 1.49. The lowest BCUT2D eigenvalue weighted by molar-refractivity contribution is -0.136. The molecule has 0 atom stereocenters. The Balaban J connectivity index is 1.17. The molecule has 0 unspecified atom stereocenters. The van der Waals surface area contributed by atoms with Crippen molar-refractivity contribution in [1.82, 2.24) is 9.88 Å². The third-order valence-corrected chi connectivity index (χ3v) is 6.63. The molecule has 2 saturated heterocycles. The van der Waals surface area contributed by atoms with Crippen LogP contribution in [0.5, 0.6) is 0 Å². The molecule has 5 nitrogen and oxygen atoms in total. The van der Waals surface area contributed by atoms with Gasteiger partial charge in [0.15, 0.2) is 5.13 Å². The van der Waals surface area contributed by atoms with E-state index in [1.807, 2.05) is 23.1 Å². The van der Waals surface area contributed by atoms with E-state index in [-0.39, 0.29) is 17.6 Å². The zero-order valence-corrected chi connectivity index (χ0v) is 16.2. The summed E-state index contributed by atoms with van der Waals surface area (Å²) in [5.41, 5.74) is 2.03. The SMILES string of the molecule is O=C(C1CN(c2nc3ccc(F)cc3s2)C1)N1CCN(c2ccccc2)CC1. The largest absolute Gasteiger partial charge is 0.368 e. The van der Waals surface area contributed by atoms with Crippen molar-refractivity contribution in [3.63, 3.8) is 0 Å². The van der Waals surface area contributed by atoms with Crippen molar-refractivity contribution >= 4 is 38.3 Å². The molecule has 0 saturated carbocycles. The van der Waals surface area contributed by atoms with Gasteiger partial charge in [0.1, 0.15) is 5.82 Å². The van der Waals surface area contributed by atoms with E-state index in [2.05, 4.69) is 26.9 Å². The van der Waals surface area contributed by atoms with Crippen molar-refractivity contribution in [2.75, 3.05) is 49.1 Å². The average Bonchev–Trinajstić information content (AvgIpc) is 3.10. The molecule has 2 aliphatic rings. The number of benzene rings is 2. The van der Waals surface area contributed by atoms with Gasteiger partial charge in [0.2, 0.25) is 5.91 Å². The first-order valence-corrected chi connectivity index (χ1v) is 10.4. The first-order valence-electron chi connectivity index (χ1n) is 9.57. The van der Waals surface area contributed by atoms with Crippen LogP contribution in [-0.2, 0) is 4.79 Å². The molecular weight excluding hydrogens is 375 g/mol. The van der Waals surface area contributed by atoms with Gasteiger partial charge >= 0.3 is 0 Å². The van der Waals surface area contributed by atoms with Crippen molar-refractivity contribution in [2.45, 2.75) is 0 Å². The summed E-state index contributed by atoms with van der Waals surface area (Å²) in [4.78, 5) is 23.8. The van der Waals surface area contributed by atoms with Crippen molar-refractivity contribution in [1.29, 1.82) is 0 Å². The monoisotopic (exact) mass is 396 g/mol. The highest BCUT2D eigenvalue weighted by molar-refractivity contribution is 7.22. The molecule has 1 aromatic heterocycles. The van der Waals surface area contributed by atoms with Gasteiger partial charge in [-0.2, -0.15) is 0 Å². The quantitative estimate of drug-likeness (QED) is 0.682. The molecule has 0 bridgehead atoms. The number of piperazine rings is 1. The van der Waals surface area contributed by atoms with Gasteiger partial charge in [-0.25, -0.2) is 9.37 Å². The normalized spacial score (nSPS) is 17.8. The van der Waals surface area contributed by atoms with Crippen molar-refractivity contribution in [3.8, 4) is 0 Å². The number of fused-ring (bicyclic) bond motifs is 1. The Morgan fingerprint density at radius 1 is 1.00 bits per heavy atom. The van der Waals surface area contributed by atoms with Crippen LogP contribution in [0.3, 0.4) is 0 Å². The van der Waals surface area contributed by atoms with Gasteiger partial charge in [-0.05, 0) is 30.3 Å². The number of rotatable bonds is 3. The molecule has 2 aromatic carbocycles. The number of para-hydroxylation sites is 1. The number of carbonyl (C=O) groups excluding carboxylic acids is 1. The summed E-state index contributed by atoms with van der Waals surface area (Å²) in [6.07, 6.45) is 0. The number of anilines is 2. The fourth-order valence-corrected chi connectivity index (χ4v) is 4.90. The third kappa shape index (κ3) is 3.20. The van der Waals surface area contributed by atoms with Gasteiger partial charge in [0.05, 0.1) is 16.1 Å². The molecule has 1 amide bonds. The predicted molar refractivity (Wildman–Crippen MR) is 111 cm³/mol. The second-order valence-electron chi connectivity index (χ2n) is 7.36. The Labute approximate surface area is 167 Å². The minimum Gasteiger partial charge on any atom is -0.368 e. The van der Waals surface area contributed by atoms with E-state index < -0.39 is 0 Å². The van der Waals surface area contributed by atoms with Crippen LogP contribution in [0.4, 0.5) is 15.2 Å². The van der Waals surface area contributed by atoms with E-state index in [9.17, 15) is 9.18 Å². The summed E-state index contributed by atoms with van der Waals surface area (Å²) in [5, 5.41) is 0.874. The zero-order valence-electron chi connectivity index (χ0n) is 15.4. The number of halogens is 1. The molecule has 2 fully saturated rings. The van der Waals surface area contributed by atoms with Crippen LogP contribution in [-0.4, -0.2) is 55.1 Å². The number of amides is 1. The van der Waals surface area contributed by atoms with Crippen LogP contribution in [0.1, 0.15) is 0 Å². The van der Waals surface area contributed by atoms with E-state index in [4.69, 9.17) is 0 Å². The van der Waals surface area contributed by atoms with Crippen LogP contribution in [0.2, 0.25) is 0 Å². The third-order valence-electron chi connectivity index (χ3n) is 5.55. The van der Waals surface area contributed by atoms with Crippen LogP contribution in [0, 0.1) is 11.7 Å². The second-order valence-corrected chi connectivity index (χ2v) is 8.37. The van der Waals surface area contributed by atoms with Crippen molar-refractivity contribution < 1.29 is 9.18 Å². The van der Waals surface area contributed by atoms with Crippen molar-refractivity contribution in [3.05, 3.63) is 54.3 Å². The van der Waals surface area contributed by atoms with Gasteiger partial charge in [0, 0.05) is 45.0 Å². The maximum Gasteiger partial charge on any atom is 0.229 e. The molecule has 7 heteroatoms. The Morgan fingerprint density at radius 2 is 1.75 bits per heavy atom. The van der Waals surface area contributed by atoms with Crippen molar-refractivity contribution in [2.24, 2.45) is 5.92 Å². The van der Waals surface area contributed by atoms with Gasteiger partial charge < -0.3 is 14.7 Å². The number of nitrogens with zero attached hydrogens (tertiary/aromatic N) is 4. The highest BCUT2D eigenvalue weighted by atomic mass is 32.1. The second kappa shape index (κ2) is 7.05. The number of aromatic nitrogens is 1. The van der Waals surface area contributed by atoms with Gasteiger partial charge in [0.25, 0.3) is 0 Å². The summed E-state index contributed by atoms with van der Waals surface area (Å²) in [5.74, 6) is 0.0390. The smallest absolute Gasteiger partial charge is 0.229 e. The molecule has 3 heterocycles. The molecule has 2 aliphatic heterocycles. The van der Waals surface area contributed by atoms with Gasteiger partial charge in [-0.15, -0.1) is 0 Å². The van der Waals surface area contributed by atoms with E-state index in [1.165, 1.54) is 29.2 Å². The topological polar surface area (TPSA) is 39.7 Å². The number of hydrogen-bond acceptors (Lipinski definition) is 5. The zero-order chi connectivity index (χ0) is 19.1. The van der Waals surface area contributed by atoms with Crippen LogP contribution >= 0.6 is 11.3 Å². The lowest BCUT2D eigenvalue weighted by atomic mass is 9.99. The molecular formula is C21H21FN4OS. The minimum absolute atomic E-state index is 0.0343. The lowest BCUT2D eigenvalue weighted by Gasteiger charge is -2.43. The highest BCUT2D eigenvalue weighted by Gasteiger charge is 2.37. The maximum absolute atomic E-state index is 13.4. The summed E-state index contributed by atoms with van der Waals surface area (Å²) in [6, 6.07) is 15.0. The standard InChI is InChI=1S/C21H21FN4OS/c22-16-6-7-18-19(12-16)28-21(23-18)26-13-15(14-26)20(27)25-10-8-24(9-11-25)17-4-2-1-3-5-17/h1-7,12,15H,8-11,13-14H2. The van der Waals surface area contributed by atoms with E-state index in [0.717, 1.165) is 41.5 Å². The van der Waals surface area contributed by atoms with E-state index >= 15 is 0 Å². The lowest BCUT2D eigenvalue weighted by Crippen LogP contribution is -2.58. The molecule has 0 radical (unpaired) electrons. The average molecular weight is 396 g/mol.